The molecule has 1 unspecified atom stereocenters. The fourth-order valence-electron chi connectivity index (χ4n) is 2.74. The summed E-state index contributed by atoms with van der Waals surface area (Å²) in [5.41, 5.74) is 3.17. The summed E-state index contributed by atoms with van der Waals surface area (Å²) in [4.78, 5) is 12.9. The summed E-state index contributed by atoms with van der Waals surface area (Å²) >= 11 is 0. The molecular weight excluding hydrogens is 293 g/mol. The number of anilines is 1. The Morgan fingerprint density at radius 3 is 2.18 bits per heavy atom. The van der Waals surface area contributed by atoms with Gasteiger partial charge in [0.2, 0.25) is 0 Å². The van der Waals surface area contributed by atoms with Crippen LogP contribution in [0.2, 0.25) is 0 Å². The lowest BCUT2D eigenvalue weighted by Gasteiger charge is -2.26. The van der Waals surface area contributed by atoms with Gasteiger partial charge >= 0.3 is 0 Å². The summed E-state index contributed by atoms with van der Waals surface area (Å²) in [5, 5.41) is 3.19. The lowest BCUT2D eigenvalue weighted by atomic mass is 10.1. The molecule has 0 fully saturated rings. The molecule has 0 saturated heterocycles. The number of nitrogens with one attached hydrogen (secondary N) is 1. The number of carbonyl (C=O) groups is 1. The largest absolute Gasteiger partial charge is 0.497 e. The van der Waals surface area contributed by atoms with Crippen LogP contribution in [-0.2, 0) is 4.79 Å². The van der Waals surface area contributed by atoms with Gasteiger partial charge in [0.05, 0.1) is 13.3 Å². The molecule has 124 valence electrons. The minimum Gasteiger partial charge on any atom is -0.497 e. The summed E-state index contributed by atoms with van der Waals surface area (Å²) < 4.78 is 5.29. The van der Waals surface area contributed by atoms with Crippen molar-refractivity contribution in [1.82, 2.24) is 0 Å². The molecule has 22 heavy (non-hydrogen) atoms. The molecule has 0 aliphatic rings. The van der Waals surface area contributed by atoms with E-state index in [9.17, 15) is 4.79 Å². The predicted molar refractivity (Wildman–Crippen MR) is 99.1 cm³/mol. The molecule has 0 spiro atoms. The Balaban J connectivity index is 3.04. The Hall–Kier alpha value is -1.08. The van der Waals surface area contributed by atoms with Gasteiger partial charge in [0.1, 0.15) is 11.4 Å². The zero-order valence-electron chi connectivity index (χ0n) is 15.1. The van der Waals surface area contributed by atoms with Crippen molar-refractivity contribution in [3.8, 4) is 5.75 Å². The number of ether oxygens (including phenoxy) is 1. The molecule has 1 N–H and O–H groups in total. The molecule has 1 amide bonds. The molecule has 0 heterocycles. The number of hydrogen-bond acceptors (Lipinski definition) is 2. The standard InChI is InChI=1S/C18H30NO2P/c1-8-10-16(22(6,7)9-2)18(20)19-17-13(3)11-15(21-5)12-14(17)4/h11-12,16H,8-10H2,1-7H3/p+1. The van der Waals surface area contributed by atoms with Gasteiger partial charge in [-0.2, -0.15) is 0 Å². The van der Waals surface area contributed by atoms with E-state index in [4.69, 9.17) is 4.74 Å². The third-order valence-electron chi connectivity index (χ3n) is 4.51. The fourth-order valence-corrected chi connectivity index (χ4v) is 4.83. The highest BCUT2D eigenvalue weighted by molar-refractivity contribution is 7.76. The van der Waals surface area contributed by atoms with Crippen molar-refractivity contribution in [2.24, 2.45) is 0 Å². The molecule has 1 aromatic rings. The van der Waals surface area contributed by atoms with Gasteiger partial charge in [0.25, 0.3) is 5.91 Å². The quantitative estimate of drug-likeness (QED) is 0.737. The topological polar surface area (TPSA) is 38.3 Å². The van der Waals surface area contributed by atoms with Crippen LogP contribution in [0.15, 0.2) is 12.1 Å². The summed E-state index contributed by atoms with van der Waals surface area (Å²) in [6, 6.07) is 3.94. The smallest absolute Gasteiger partial charge is 0.265 e. The zero-order chi connectivity index (χ0) is 16.9. The first-order chi connectivity index (χ1) is 10.3. The maximum Gasteiger partial charge on any atom is 0.265 e. The second-order valence-electron chi connectivity index (χ2n) is 6.52. The molecule has 1 rings (SSSR count). The molecule has 0 bridgehead atoms. The highest BCUT2D eigenvalue weighted by atomic mass is 31.2. The van der Waals surface area contributed by atoms with Crippen molar-refractivity contribution in [3.05, 3.63) is 23.3 Å². The Kier molecular flexibility index (Phi) is 6.87. The number of rotatable bonds is 7. The van der Waals surface area contributed by atoms with Crippen LogP contribution in [0.25, 0.3) is 0 Å². The van der Waals surface area contributed by atoms with E-state index in [0.29, 0.717) is 0 Å². The van der Waals surface area contributed by atoms with Crippen LogP contribution in [0.1, 0.15) is 37.8 Å². The highest BCUT2D eigenvalue weighted by Gasteiger charge is 2.39. The summed E-state index contributed by atoms with van der Waals surface area (Å²) in [7, 11) is 0.439. The van der Waals surface area contributed by atoms with Crippen LogP contribution in [0.3, 0.4) is 0 Å². The van der Waals surface area contributed by atoms with Crippen molar-refractivity contribution in [2.45, 2.75) is 46.2 Å². The average molecular weight is 324 g/mol. The first-order valence-electron chi connectivity index (χ1n) is 8.05. The lowest BCUT2D eigenvalue weighted by molar-refractivity contribution is -0.116. The van der Waals surface area contributed by atoms with Crippen molar-refractivity contribution >= 4 is 18.9 Å². The number of benzene rings is 1. The predicted octanol–water partition coefficient (Wildman–Crippen LogP) is 4.72. The number of aryl methyl sites for hydroxylation is 2. The van der Waals surface area contributed by atoms with Crippen LogP contribution in [-0.4, -0.2) is 38.2 Å². The molecule has 0 aliphatic carbocycles. The molecule has 3 nitrogen and oxygen atoms in total. The zero-order valence-corrected chi connectivity index (χ0v) is 16.0. The third-order valence-corrected chi connectivity index (χ3v) is 8.32. The number of amides is 1. The van der Waals surface area contributed by atoms with E-state index < -0.39 is 7.26 Å². The molecule has 0 radical (unpaired) electrons. The molecule has 1 atom stereocenters. The SMILES string of the molecule is CCCC(C(=O)Nc1c(C)cc(OC)cc1C)[P+](C)(C)CC. The summed E-state index contributed by atoms with van der Waals surface area (Å²) in [6.45, 7) is 13.0. The monoisotopic (exact) mass is 324 g/mol. The molecule has 0 aliphatic heterocycles. The summed E-state index contributed by atoms with van der Waals surface area (Å²) in [5.74, 6) is 1.01. The number of hydrogen-bond donors (Lipinski definition) is 1. The first kappa shape index (κ1) is 19.0. The van der Waals surface area contributed by atoms with Crippen LogP contribution in [0.4, 0.5) is 5.69 Å². The van der Waals surface area contributed by atoms with Gasteiger partial charge in [-0.15, -0.1) is 0 Å². The van der Waals surface area contributed by atoms with E-state index in [1.165, 1.54) is 0 Å². The van der Waals surface area contributed by atoms with Crippen molar-refractivity contribution < 1.29 is 9.53 Å². The van der Waals surface area contributed by atoms with Gasteiger partial charge in [-0.05, 0) is 50.5 Å². The molecule has 0 aromatic heterocycles. The minimum atomic E-state index is -1.23. The van der Waals surface area contributed by atoms with Gasteiger partial charge in [0, 0.05) is 26.3 Å². The molecule has 0 saturated carbocycles. The van der Waals surface area contributed by atoms with Gasteiger partial charge in [0.15, 0.2) is 0 Å². The first-order valence-corrected chi connectivity index (χ1v) is 11.0. The Labute approximate surface area is 136 Å². The van der Waals surface area contributed by atoms with E-state index in [0.717, 1.165) is 41.6 Å². The normalized spacial score (nSPS) is 12.9. The lowest BCUT2D eigenvalue weighted by Crippen LogP contribution is -2.31. The second-order valence-corrected chi connectivity index (χ2v) is 11.3. The average Bonchev–Trinajstić information content (AvgIpc) is 2.47. The molecule has 4 heteroatoms. The van der Waals surface area contributed by atoms with Crippen LogP contribution < -0.4 is 10.1 Å². The van der Waals surface area contributed by atoms with Crippen molar-refractivity contribution in [3.63, 3.8) is 0 Å². The van der Waals surface area contributed by atoms with Gasteiger partial charge in [-0.25, -0.2) is 0 Å². The van der Waals surface area contributed by atoms with Crippen molar-refractivity contribution in [1.29, 1.82) is 0 Å². The third kappa shape index (κ3) is 4.46. The van der Waals surface area contributed by atoms with E-state index in [1.54, 1.807) is 7.11 Å². The number of methoxy groups -OCH3 is 1. The minimum absolute atomic E-state index is 0.142. The van der Waals surface area contributed by atoms with Crippen LogP contribution in [0, 0.1) is 13.8 Å². The summed E-state index contributed by atoms with van der Waals surface area (Å²) in [6.07, 6.45) is 3.11. The highest BCUT2D eigenvalue weighted by Crippen LogP contribution is 2.57. The molecular formula is C18H31NO2P+. The van der Waals surface area contributed by atoms with Gasteiger partial charge < -0.3 is 10.1 Å². The fraction of sp³-hybridized carbons (Fsp3) is 0.611. The van der Waals surface area contributed by atoms with Gasteiger partial charge in [-0.1, -0.05) is 13.3 Å². The molecule has 1 aromatic carbocycles. The maximum atomic E-state index is 12.9. The van der Waals surface area contributed by atoms with Gasteiger partial charge in [-0.3, -0.25) is 4.79 Å². The second kappa shape index (κ2) is 7.97. The Bertz CT molecular complexity index is 503. The Morgan fingerprint density at radius 2 is 1.77 bits per heavy atom. The van der Waals surface area contributed by atoms with Crippen molar-refractivity contribution in [2.75, 3.05) is 31.9 Å². The van der Waals surface area contributed by atoms with Crippen LogP contribution >= 0.6 is 7.26 Å². The van der Waals surface area contributed by atoms with E-state index in [1.807, 2.05) is 26.0 Å². The van der Waals surface area contributed by atoms with E-state index in [-0.39, 0.29) is 11.6 Å². The van der Waals surface area contributed by atoms with E-state index in [2.05, 4.69) is 32.5 Å². The Morgan fingerprint density at radius 1 is 1.23 bits per heavy atom. The maximum absolute atomic E-state index is 12.9. The van der Waals surface area contributed by atoms with Crippen LogP contribution in [0.5, 0.6) is 5.75 Å². The van der Waals surface area contributed by atoms with E-state index >= 15 is 0 Å². The number of carbonyl (C=O) groups excluding carboxylic acids is 1.